The summed E-state index contributed by atoms with van der Waals surface area (Å²) in [5.74, 6) is 1.54. The Hall–Kier alpha value is -2.49. The van der Waals surface area contributed by atoms with Crippen LogP contribution in [0.5, 0.6) is 5.75 Å². The van der Waals surface area contributed by atoms with E-state index in [0.717, 1.165) is 16.8 Å². The van der Waals surface area contributed by atoms with Gasteiger partial charge in [-0.2, -0.15) is 0 Å². The van der Waals surface area contributed by atoms with Crippen molar-refractivity contribution in [2.24, 2.45) is 0 Å². The summed E-state index contributed by atoms with van der Waals surface area (Å²) in [6.07, 6.45) is 0.614. The molecule has 0 aliphatic heterocycles. The minimum atomic E-state index is 0.525. The lowest BCUT2D eigenvalue weighted by molar-refractivity contribution is 0.306. The molecule has 0 aliphatic carbocycles. The lowest BCUT2D eigenvalue weighted by Gasteiger charge is -2.06. The van der Waals surface area contributed by atoms with Crippen LogP contribution in [0.2, 0.25) is 0 Å². The van der Waals surface area contributed by atoms with Gasteiger partial charge in [0.1, 0.15) is 11.3 Å². The van der Waals surface area contributed by atoms with Crippen LogP contribution in [0, 0.1) is 6.92 Å². The van der Waals surface area contributed by atoms with E-state index < -0.39 is 0 Å². The zero-order valence-electron chi connectivity index (χ0n) is 11.3. The van der Waals surface area contributed by atoms with Gasteiger partial charge in [0.25, 0.3) is 0 Å². The van der Waals surface area contributed by atoms with Gasteiger partial charge in [-0.05, 0) is 30.7 Å². The summed E-state index contributed by atoms with van der Waals surface area (Å²) in [7, 11) is 0. The number of nitrogen functional groups attached to an aromatic ring is 1. The number of hydrogen-bond acceptors (Lipinski definition) is 4. The fraction of sp³-hybridized carbons (Fsp3) is 0.188. The number of para-hydroxylation sites is 2. The topological polar surface area (TPSA) is 61.3 Å². The molecule has 0 unspecified atom stereocenters. The Kier molecular flexibility index (Phi) is 3.29. The van der Waals surface area contributed by atoms with Crippen molar-refractivity contribution in [3.05, 3.63) is 53.9 Å². The maximum Gasteiger partial charge on any atom is 0.199 e. The molecular formula is C16H16N2O2. The summed E-state index contributed by atoms with van der Waals surface area (Å²) in [5.41, 5.74) is 9.02. The number of ether oxygens (including phenoxy) is 1. The molecule has 2 aromatic carbocycles. The van der Waals surface area contributed by atoms with Gasteiger partial charge in [0.2, 0.25) is 0 Å². The van der Waals surface area contributed by atoms with Crippen LogP contribution in [0.25, 0.3) is 11.1 Å². The molecule has 102 valence electrons. The maximum atomic E-state index is 5.84. The number of rotatable bonds is 4. The van der Waals surface area contributed by atoms with E-state index in [1.54, 1.807) is 6.07 Å². The van der Waals surface area contributed by atoms with Crippen molar-refractivity contribution in [2.45, 2.75) is 13.3 Å². The van der Waals surface area contributed by atoms with E-state index in [1.165, 1.54) is 0 Å². The Bertz CT molecular complexity index is 734. The second-order valence-electron chi connectivity index (χ2n) is 4.67. The van der Waals surface area contributed by atoms with Crippen molar-refractivity contribution >= 4 is 16.8 Å². The Morgan fingerprint density at radius 2 is 2.00 bits per heavy atom. The van der Waals surface area contributed by atoms with E-state index in [1.807, 2.05) is 43.3 Å². The number of nitrogens with zero attached hydrogens (tertiary/aromatic N) is 1. The lowest BCUT2D eigenvalue weighted by Crippen LogP contribution is -2.02. The number of aromatic nitrogens is 1. The Labute approximate surface area is 117 Å². The van der Waals surface area contributed by atoms with Gasteiger partial charge in [0.05, 0.1) is 18.7 Å². The Balaban J connectivity index is 1.68. The first-order chi connectivity index (χ1) is 9.74. The van der Waals surface area contributed by atoms with Crippen molar-refractivity contribution in [1.29, 1.82) is 0 Å². The van der Waals surface area contributed by atoms with Crippen LogP contribution in [0.1, 0.15) is 11.5 Å². The van der Waals surface area contributed by atoms with Gasteiger partial charge in [-0.25, -0.2) is 4.98 Å². The second kappa shape index (κ2) is 5.25. The van der Waals surface area contributed by atoms with E-state index in [4.69, 9.17) is 14.9 Å². The van der Waals surface area contributed by atoms with Crippen LogP contribution in [0.3, 0.4) is 0 Å². The zero-order chi connectivity index (χ0) is 13.9. The van der Waals surface area contributed by atoms with Gasteiger partial charge in [0.15, 0.2) is 11.5 Å². The second-order valence-corrected chi connectivity index (χ2v) is 4.67. The standard InChI is InChI=1S/C16H16N2O2/c1-11-5-2-3-8-14(11)19-10-9-15-18-13-7-4-6-12(17)16(13)20-15/h2-8H,9-10,17H2,1H3. The van der Waals surface area contributed by atoms with Crippen molar-refractivity contribution in [3.63, 3.8) is 0 Å². The summed E-state index contributed by atoms with van der Waals surface area (Å²) < 4.78 is 11.4. The normalized spacial score (nSPS) is 10.8. The summed E-state index contributed by atoms with van der Waals surface area (Å²) in [4.78, 5) is 4.40. The summed E-state index contributed by atoms with van der Waals surface area (Å²) in [5, 5.41) is 0. The van der Waals surface area contributed by atoms with Gasteiger partial charge in [-0.1, -0.05) is 24.3 Å². The predicted molar refractivity (Wildman–Crippen MR) is 78.8 cm³/mol. The minimum Gasteiger partial charge on any atom is -0.493 e. The van der Waals surface area contributed by atoms with E-state index in [-0.39, 0.29) is 0 Å². The molecule has 4 nitrogen and oxygen atoms in total. The highest BCUT2D eigenvalue weighted by Crippen LogP contribution is 2.22. The third kappa shape index (κ3) is 2.45. The molecule has 3 rings (SSSR count). The van der Waals surface area contributed by atoms with Crippen LogP contribution >= 0.6 is 0 Å². The summed E-state index contributed by atoms with van der Waals surface area (Å²) in [6, 6.07) is 13.5. The highest BCUT2D eigenvalue weighted by atomic mass is 16.5. The van der Waals surface area contributed by atoms with E-state index >= 15 is 0 Å². The molecule has 2 N–H and O–H groups in total. The molecule has 3 aromatic rings. The molecule has 0 fully saturated rings. The maximum absolute atomic E-state index is 5.84. The highest BCUT2D eigenvalue weighted by molar-refractivity contribution is 5.84. The largest absolute Gasteiger partial charge is 0.493 e. The fourth-order valence-electron chi connectivity index (χ4n) is 2.09. The zero-order valence-corrected chi connectivity index (χ0v) is 11.3. The smallest absolute Gasteiger partial charge is 0.199 e. The number of oxazole rings is 1. The molecule has 1 aromatic heterocycles. The molecule has 4 heteroatoms. The van der Waals surface area contributed by atoms with E-state index in [9.17, 15) is 0 Å². The van der Waals surface area contributed by atoms with Crippen molar-refractivity contribution in [3.8, 4) is 5.75 Å². The van der Waals surface area contributed by atoms with E-state index in [2.05, 4.69) is 4.98 Å². The van der Waals surface area contributed by atoms with Crippen LogP contribution in [0.15, 0.2) is 46.9 Å². The molecule has 0 saturated heterocycles. The number of aryl methyl sites for hydroxylation is 1. The van der Waals surface area contributed by atoms with Gasteiger partial charge < -0.3 is 14.9 Å². The van der Waals surface area contributed by atoms with Crippen LogP contribution < -0.4 is 10.5 Å². The average molecular weight is 268 g/mol. The number of hydrogen-bond donors (Lipinski definition) is 1. The number of nitrogens with two attached hydrogens (primary N) is 1. The molecule has 0 amide bonds. The molecule has 0 spiro atoms. The third-order valence-corrected chi connectivity index (χ3v) is 3.16. The number of anilines is 1. The van der Waals surface area contributed by atoms with Gasteiger partial charge in [0, 0.05) is 0 Å². The van der Waals surface area contributed by atoms with Gasteiger partial charge in [-0.15, -0.1) is 0 Å². The molecule has 0 aliphatic rings. The van der Waals surface area contributed by atoms with E-state index in [0.29, 0.717) is 30.2 Å². The van der Waals surface area contributed by atoms with Gasteiger partial charge in [-0.3, -0.25) is 0 Å². The van der Waals surface area contributed by atoms with Crippen LogP contribution in [0.4, 0.5) is 5.69 Å². The Morgan fingerprint density at radius 3 is 2.80 bits per heavy atom. The van der Waals surface area contributed by atoms with Crippen LogP contribution in [-0.2, 0) is 6.42 Å². The fourth-order valence-corrected chi connectivity index (χ4v) is 2.09. The third-order valence-electron chi connectivity index (χ3n) is 3.16. The van der Waals surface area contributed by atoms with Crippen molar-refractivity contribution < 1.29 is 9.15 Å². The van der Waals surface area contributed by atoms with Crippen molar-refractivity contribution in [1.82, 2.24) is 4.98 Å². The molecular weight excluding hydrogens is 252 g/mol. The molecule has 0 atom stereocenters. The molecule has 0 bridgehead atoms. The highest BCUT2D eigenvalue weighted by Gasteiger charge is 2.08. The summed E-state index contributed by atoms with van der Waals surface area (Å²) in [6.45, 7) is 2.55. The molecule has 0 saturated carbocycles. The molecule has 1 heterocycles. The number of fused-ring (bicyclic) bond motifs is 1. The monoisotopic (exact) mass is 268 g/mol. The SMILES string of the molecule is Cc1ccccc1OCCc1nc2cccc(N)c2o1. The average Bonchev–Trinajstić information content (AvgIpc) is 2.85. The molecule has 20 heavy (non-hydrogen) atoms. The minimum absolute atomic E-state index is 0.525. The quantitative estimate of drug-likeness (QED) is 0.737. The summed E-state index contributed by atoms with van der Waals surface area (Å²) >= 11 is 0. The van der Waals surface area contributed by atoms with Crippen molar-refractivity contribution in [2.75, 3.05) is 12.3 Å². The Morgan fingerprint density at radius 1 is 1.15 bits per heavy atom. The van der Waals surface area contributed by atoms with Gasteiger partial charge >= 0.3 is 0 Å². The first-order valence-corrected chi connectivity index (χ1v) is 6.56. The first kappa shape index (κ1) is 12.5. The lowest BCUT2D eigenvalue weighted by atomic mass is 10.2. The molecule has 0 radical (unpaired) electrons. The number of benzene rings is 2. The predicted octanol–water partition coefficient (Wildman–Crippen LogP) is 3.34. The van der Waals surface area contributed by atoms with Crippen LogP contribution in [-0.4, -0.2) is 11.6 Å². The first-order valence-electron chi connectivity index (χ1n) is 6.56.